The van der Waals surface area contributed by atoms with Crippen LogP contribution in [0.15, 0.2) is 77.7 Å². The fourth-order valence-electron chi connectivity index (χ4n) is 4.37. The lowest BCUT2D eigenvalue weighted by Crippen LogP contribution is -2.53. The van der Waals surface area contributed by atoms with Crippen LogP contribution < -0.4 is 9.62 Å². The van der Waals surface area contributed by atoms with E-state index in [1.807, 2.05) is 77.1 Å². The molecule has 3 aromatic rings. The van der Waals surface area contributed by atoms with Crippen molar-refractivity contribution in [2.45, 2.75) is 71.4 Å². The average molecular weight is 564 g/mol. The number of sulfonamides is 1. The van der Waals surface area contributed by atoms with Crippen molar-refractivity contribution in [1.82, 2.24) is 10.2 Å². The summed E-state index contributed by atoms with van der Waals surface area (Å²) in [6, 6.07) is 21.0. The van der Waals surface area contributed by atoms with E-state index in [1.54, 1.807) is 37.3 Å². The molecule has 0 aliphatic rings. The molecule has 2 amide bonds. The number of carbonyl (C=O) groups is 2. The van der Waals surface area contributed by atoms with E-state index in [2.05, 4.69) is 5.32 Å². The van der Waals surface area contributed by atoms with Crippen molar-refractivity contribution in [3.63, 3.8) is 0 Å². The molecule has 0 spiro atoms. The summed E-state index contributed by atoms with van der Waals surface area (Å²) in [5.41, 5.74) is 4.00. The van der Waals surface area contributed by atoms with E-state index in [1.165, 1.54) is 9.21 Å². The predicted octanol–water partition coefficient (Wildman–Crippen LogP) is 5.18. The van der Waals surface area contributed by atoms with Crippen LogP contribution in [0.5, 0.6) is 0 Å². The highest BCUT2D eigenvalue weighted by Gasteiger charge is 2.33. The Labute approximate surface area is 239 Å². The van der Waals surface area contributed by atoms with Crippen molar-refractivity contribution in [2.24, 2.45) is 0 Å². The summed E-state index contributed by atoms with van der Waals surface area (Å²) >= 11 is 0. The monoisotopic (exact) mass is 563 g/mol. The van der Waals surface area contributed by atoms with Crippen LogP contribution in [0.1, 0.15) is 49.4 Å². The number of carbonyl (C=O) groups excluding carboxylic acids is 2. The zero-order valence-corrected chi connectivity index (χ0v) is 25.2. The zero-order valence-electron chi connectivity index (χ0n) is 24.3. The van der Waals surface area contributed by atoms with E-state index in [4.69, 9.17) is 0 Å². The lowest BCUT2D eigenvalue weighted by Gasteiger charge is -2.33. The SMILES string of the molecule is CCC(C)NC(=O)C(C)N(CCc1ccccc1)C(=O)CN(c1cc(C)ccc1C)S(=O)(=O)c1ccc(C)cc1. The van der Waals surface area contributed by atoms with Crippen LogP contribution in [-0.2, 0) is 26.0 Å². The van der Waals surface area contributed by atoms with Crippen molar-refractivity contribution >= 4 is 27.5 Å². The van der Waals surface area contributed by atoms with Gasteiger partial charge in [0.15, 0.2) is 0 Å². The van der Waals surface area contributed by atoms with E-state index in [0.717, 1.165) is 28.7 Å². The van der Waals surface area contributed by atoms with Gasteiger partial charge in [0.2, 0.25) is 11.8 Å². The number of hydrogen-bond donors (Lipinski definition) is 1. The third-order valence-corrected chi connectivity index (χ3v) is 8.95. The summed E-state index contributed by atoms with van der Waals surface area (Å²) in [5, 5.41) is 2.96. The van der Waals surface area contributed by atoms with Gasteiger partial charge >= 0.3 is 0 Å². The molecule has 7 nitrogen and oxygen atoms in total. The Bertz CT molecular complexity index is 1410. The number of nitrogens with one attached hydrogen (secondary N) is 1. The van der Waals surface area contributed by atoms with Gasteiger partial charge in [0.25, 0.3) is 10.0 Å². The van der Waals surface area contributed by atoms with Crippen molar-refractivity contribution in [3.8, 4) is 0 Å². The second-order valence-electron chi connectivity index (χ2n) is 10.4. The number of rotatable bonds is 12. The van der Waals surface area contributed by atoms with E-state index < -0.39 is 28.5 Å². The molecule has 0 bridgehead atoms. The summed E-state index contributed by atoms with van der Waals surface area (Å²) in [5.74, 6) is -0.713. The molecule has 0 saturated carbocycles. The van der Waals surface area contributed by atoms with Crippen LogP contribution in [-0.4, -0.2) is 50.3 Å². The third kappa shape index (κ3) is 7.72. The number of amides is 2. The lowest BCUT2D eigenvalue weighted by atomic mass is 10.1. The lowest BCUT2D eigenvalue weighted by molar-refractivity contribution is -0.139. The molecule has 2 atom stereocenters. The van der Waals surface area contributed by atoms with Crippen LogP contribution in [0.4, 0.5) is 5.69 Å². The highest BCUT2D eigenvalue weighted by Crippen LogP contribution is 2.28. The third-order valence-electron chi connectivity index (χ3n) is 7.17. The van der Waals surface area contributed by atoms with Gasteiger partial charge in [-0.05, 0) is 82.3 Å². The second-order valence-corrected chi connectivity index (χ2v) is 12.3. The Kier molecular flexibility index (Phi) is 10.5. The van der Waals surface area contributed by atoms with Gasteiger partial charge in [-0.15, -0.1) is 0 Å². The number of nitrogens with zero attached hydrogens (tertiary/aromatic N) is 2. The standard InChI is InChI=1S/C32H41N3O4S/c1-7-26(5)33-32(37)27(6)34(20-19-28-11-9-8-10-12-28)31(36)22-35(30-21-24(3)13-16-25(30)4)40(38,39)29-17-14-23(2)15-18-29/h8-18,21,26-27H,7,19-20,22H2,1-6H3,(H,33,37). The molecule has 0 heterocycles. The van der Waals surface area contributed by atoms with Gasteiger partial charge in [-0.1, -0.05) is 67.1 Å². The summed E-state index contributed by atoms with van der Waals surface area (Å²) in [6.07, 6.45) is 1.29. The highest BCUT2D eigenvalue weighted by molar-refractivity contribution is 7.92. The summed E-state index contributed by atoms with van der Waals surface area (Å²) in [6.45, 7) is 11.0. The van der Waals surface area contributed by atoms with E-state index >= 15 is 0 Å². The molecule has 8 heteroatoms. The van der Waals surface area contributed by atoms with E-state index in [9.17, 15) is 18.0 Å². The molecule has 40 heavy (non-hydrogen) atoms. The number of anilines is 1. The Balaban J connectivity index is 2.01. The number of hydrogen-bond acceptors (Lipinski definition) is 4. The minimum atomic E-state index is -4.09. The van der Waals surface area contributed by atoms with Gasteiger partial charge in [0, 0.05) is 12.6 Å². The molecule has 0 aromatic heterocycles. The first kappa shape index (κ1) is 30.9. The van der Waals surface area contributed by atoms with E-state index in [0.29, 0.717) is 12.1 Å². The Morgan fingerprint density at radius 2 is 1.50 bits per heavy atom. The molecular formula is C32H41N3O4S. The molecule has 214 valence electrons. The zero-order chi connectivity index (χ0) is 29.4. The largest absolute Gasteiger partial charge is 0.352 e. The molecule has 0 aliphatic heterocycles. The Hall–Kier alpha value is -3.65. The Morgan fingerprint density at radius 1 is 0.875 bits per heavy atom. The normalized spacial score (nSPS) is 12.8. The molecular weight excluding hydrogens is 522 g/mol. The van der Waals surface area contributed by atoms with Crippen molar-refractivity contribution in [1.29, 1.82) is 0 Å². The summed E-state index contributed by atoms with van der Waals surface area (Å²) in [4.78, 5) is 28.8. The van der Waals surface area contributed by atoms with Crippen LogP contribution >= 0.6 is 0 Å². The first-order valence-corrected chi connectivity index (χ1v) is 15.2. The quantitative estimate of drug-likeness (QED) is 0.329. The fraction of sp³-hybridized carbons (Fsp3) is 0.375. The van der Waals surface area contributed by atoms with Crippen LogP contribution in [0, 0.1) is 20.8 Å². The van der Waals surface area contributed by atoms with Crippen molar-refractivity contribution in [2.75, 3.05) is 17.4 Å². The van der Waals surface area contributed by atoms with Gasteiger partial charge in [-0.2, -0.15) is 0 Å². The van der Waals surface area contributed by atoms with Crippen LogP contribution in [0.2, 0.25) is 0 Å². The van der Waals surface area contributed by atoms with Gasteiger partial charge in [0.05, 0.1) is 10.6 Å². The van der Waals surface area contributed by atoms with Gasteiger partial charge in [0.1, 0.15) is 12.6 Å². The average Bonchev–Trinajstić information content (AvgIpc) is 2.93. The fourth-order valence-corrected chi connectivity index (χ4v) is 5.85. The van der Waals surface area contributed by atoms with Crippen molar-refractivity contribution in [3.05, 3.63) is 95.1 Å². The summed E-state index contributed by atoms with van der Waals surface area (Å²) < 4.78 is 29.2. The highest BCUT2D eigenvalue weighted by atomic mass is 32.2. The summed E-state index contributed by atoms with van der Waals surface area (Å²) in [7, 11) is -4.09. The number of benzene rings is 3. The molecule has 0 saturated heterocycles. The minimum Gasteiger partial charge on any atom is -0.352 e. The molecule has 3 aromatic carbocycles. The van der Waals surface area contributed by atoms with Gasteiger partial charge < -0.3 is 10.2 Å². The first-order valence-electron chi connectivity index (χ1n) is 13.7. The smallest absolute Gasteiger partial charge is 0.264 e. The van der Waals surface area contributed by atoms with Gasteiger partial charge in [-0.25, -0.2) is 8.42 Å². The molecule has 0 fully saturated rings. The van der Waals surface area contributed by atoms with Crippen LogP contribution in [0.3, 0.4) is 0 Å². The molecule has 1 N–H and O–H groups in total. The predicted molar refractivity (Wildman–Crippen MR) is 161 cm³/mol. The maximum atomic E-state index is 14.0. The van der Waals surface area contributed by atoms with Gasteiger partial charge in [-0.3, -0.25) is 13.9 Å². The maximum Gasteiger partial charge on any atom is 0.264 e. The minimum absolute atomic E-state index is 0.0469. The molecule has 0 radical (unpaired) electrons. The number of aryl methyl sites for hydroxylation is 3. The first-order chi connectivity index (χ1) is 18.9. The van der Waals surface area contributed by atoms with Crippen molar-refractivity contribution < 1.29 is 18.0 Å². The Morgan fingerprint density at radius 3 is 2.12 bits per heavy atom. The molecule has 0 aliphatic carbocycles. The van der Waals surface area contributed by atoms with Crippen LogP contribution in [0.25, 0.3) is 0 Å². The molecule has 3 rings (SSSR count). The topological polar surface area (TPSA) is 86.8 Å². The maximum absolute atomic E-state index is 14.0. The van der Waals surface area contributed by atoms with E-state index in [-0.39, 0.29) is 23.4 Å². The molecule has 2 unspecified atom stereocenters. The second kappa shape index (κ2) is 13.6.